The van der Waals surface area contributed by atoms with Gasteiger partial charge in [-0.25, -0.2) is 9.59 Å². The SMILES string of the molecule is COC(=O)[C@@H](Cc1ccccc1)N(Cc1ccc(C(=O)OC2CCCCCCC2)cc1)C(=O)c1ccc(Cl)cc1N. The Hall–Kier alpha value is -3.84. The maximum atomic E-state index is 13.9. The average Bonchev–Trinajstić information content (AvgIpc) is 2.96. The van der Waals surface area contributed by atoms with E-state index in [1.807, 2.05) is 30.3 Å². The van der Waals surface area contributed by atoms with Crippen molar-refractivity contribution in [3.8, 4) is 0 Å². The van der Waals surface area contributed by atoms with Crippen LogP contribution < -0.4 is 5.73 Å². The molecule has 0 heterocycles. The molecule has 8 heteroatoms. The summed E-state index contributed by atoms with van der Waals surface area (Å²) in [6.07, 6.45) is 7.72. The van der Waals surface area contributed by atoms with E-state index in [9.17, 15) is 14.4 Å². The fraction of sp³-hybridized carbons (Fsp3) is 0.364. The van der Waals surface area contributed by atoms with Crippen LogP contribution in [0, 0.1) is 0 Å². The Bertz CT molecular complexity index is 1320. The van der Waals surface area contributed by atoms with Crippen molar-refractivity contribution in [2.24, 2.45) is 0 Å². The zero-order valence-electron chi connectivity index (χ0n) is 23.4. The van der Waals surface area contributed by atoms with E-state index in [1.54, 1.807) is 36.4 Å². The minimum absolute atomic E-state index is 0.0563. The molecule has 1 saturated carbocycles. The number of rotatable bonds is 9. The van der Waals surface area contributed by atoms with Crippen molar-refractivity contribution in [1.29, 1.82) is 0 Å². The molecule has 0 spiro atoms. The number of carbonyl (C=O) groups excluding carboxylic acids is 3. The summed E-state index contributed by atoms with van der Waals surface area (Å²) >= 11 is 6.07. The lowest BCUT2D eigenvalue weighted by molar-refractivity contribution is -0.146. The van der Waals surface area contributed by atoms with E-state index < -0.39 is 17.9 Å². The summed E-state index contributed by atoms with van der Waals surface area (Å²) in [5.74, 6) is -1.33. The number of nitrogens with two attached hydrogens (primary N) is 1. The standard InChI is InChI=1S/C33H37ClN2O5/c1-40-33(39)30(20-23-10-6-5-7-11-23)36(31(37)28-19-18-26(34)21-29(28)35)22-24-14-16-25(17-15-24)32(38)41-27-12-8-3-2-4-9-13-27/h5-7,10-11,14-19,21,27,30H,2-4,8-9,12-13,20,22,35H2,1H3/t30-/m1/s1. The molecule has 0 aromatic heterocycles. The maximum absolute atomic E-state index is 13.9. The zero-order valence-corrected chi connectivity index (χ0v) is 24.1. The number of halogens is 1. The second-order valence-corrected chi connectivity index (χ2v) is 10.9. The Labute approximate surface area is 246 Å². The van der Waals surface area contributed by atoms with Gasteiger partial charge in [-0.3, -0.25) is 4.79 Å². The summed E-state index contributed by atoms with van der Waals surface area (Å²) < 4.78 is 10.9. The third-order valence-corrected chi connectivity index (χ3v) is 7.73. The largest absolute Gasteiger partial charge is 0.467 e. The molecular weight excluding hydrogens is 540 g/mol. The molecule has 0 radical (unpaired) electrons. The number of esters is 2. The van der Waals surface area contributed by atoms with Gasteiger partial charge in [0.15, 0.2) is 0 Å². The highest BCUT2D eigenvalue weighted by Crippen LogP contribution is 2.25. The van der Waals surface area contributed by atoms with Gasteiger partial charge in [0, 0.05) is 23.7 Å². The van der Waals surface area contributed by atoms with Crippen LogP contribution in [0.15, 0.2) is 72.8 Å². The van der Waals surface area contributed by atoms with Crippen molar-refractivity contribution in [3.05, 3.63) is 100 Å². The molecule has 0 unspecified atom stereocenters. The van der Waals surface area contributed by atoms with Gasteiger partial charge in [0.25, 0.3) is 5.91 Å². The summed E-state index contributed by atoms with van der Waals surface area (Å²) in [5.41, 5.74) is 8.66. The third kappa shape index (κ3) is 8.33. The predicted molar refractivity (Wildman–Crippen MR) is 160 cm³/mol. The topological polar surface area (TPSA) is 98.9 Å². The molecule has 4 rings (SSSR count). The van der Waals surface area contributed by atoms with Crippen molar-refractivity contribution < 1.29 is 23.9 Å². The van der Waals surface area contributed by atoms with Gasteiger partial charge in [0.1, 0.15) is 12.1 Å². The van der Waals surface area contributed by atoms with E-state index in [1.165, 1.54) is 37.3 Å². The van der Waals surface area contributed by atoms with E-state index >= 15 is 0 Å². The second-order valence-electron chi connectivity index (χ2n) is 10.5. The smallest absolute Gasteiger partial charge is 0.338 e. The summed E-state index contributed by atoms with van der Waals surface area (Å²) in [7, 11) is 1.30. The van der Waals surface area contributed by atoms with Crippen LogP contribution in [-0.2, 0) is 27.2 Å². The molecule has 3 aromatic rings. The van der Waals surface area contributed by atoms with Gasteiger partial charge in [-0.2, -0.15) is 0 Å². The molecule has 0 aliphatic heterocycles. The fourth-order valence-corrected chi connectivity index (χ4v) is 5.38. The highest BCUT2D eigenvalue weighted by molar-refractivity contribution is 6.31. The Morgan fingerprint density at radius 2 is 1.56 bits per heavy atom. The lowest BCUT2D eigenvalue weighted by atomic mass is 9.98. The number of hydrogen-bond donors (Lipinski definition) is 1. The molecule has 3 aromatic carbocycles. The van der Waals surface area contributed by atoms with Gasteiger partial charge >= 0.3 is 11.9 Å². The van der Waals surface area contributed by atoms with Gasteiger partial charge in [-0.1, -0.05) is 73.3 Å². The van der Waals surface area contributed by atoms with E-state index in [2.05, 4.69) is 0 Å². The van der Waals surface area contributed by atoms with E-state index in [4.69, 9.17) is 26.8 Å². The molecule has 1 fully saturated rings. The number of hydrogen-bond acceptors (Lipinski definition) is 6. The zero-order chi connectivity index (χ0) is 29.2. The Morgan fingerprint density at radius 3 is 2.20 bits per heavy atom. The molecule has 7 nitrogen and oxygen atoms in total. The van der Waals surface area contributed by atoms with E-state index in [-0.39, 0.29) is 36.3 Å². The monoisotopic (exact) mass is 576 g/mol. The maximum Gasteiger partial charge on any atom is 0.338 e. The molecule has 1 atom stereocenters. The summed E-state index contributed by atoms with van der Waals surface area (Å²) in [4.78, 5) is 41.3. The van der Waals surface area contributed by atoms with Crippen LogP contribution in [0.3, 0.4) is 0 Å². The van der Waals surface area contributed by atoms with Crippen LogP contribution in [0.25, 0.3) is 0 Å². The number of amides is 1. The number of ether oxygens (including phenoxy) is 2. The van der Waals surface area contributed by atoms with Gasteiger partial charge in [0.2, 0.25) is 0 Å². The van der Waals surface area contributed by atoms with Crippen LogP contribution in [0.1, 0.15) is 76.8 Å². The van der Waals surface area contributed by atoms with Crippen molar-refractivity contribution >= 4 is 35.1 Å². The van der Waals surface area contributed by atoms with Gasteiger partial charge in [-0.15, -0.1) is 0 Å². The van der Waals surface area contributed by atoms with Crippen LogP contribution in [0.2, 0.25) is 5.02 Å². The van der Waals surface area contributed by atoms with Crippen molar-refractivity contribution in [2.75, 3.05) is 12.8 Å². The number of carbonyl (C=O) groups is 3. The molecule has 1 aliphatic carbocycles. The number of nitrogens with zero attached hydrogens (tertiary/aromatic N) is 1. The average molecular weight is 577 g/mol. The molecule has 0 saturated heterocycles. The predicted octanol–water partition coefficient (Wildman–Crippen LogP) is 6.62. The minimum atomic E-state index is -0.922. The van der Waals surface area contributed by atoms with Gasteiger partial charge in [-0.05, 0) is 67.1 Å². The van der Waals surface area contributed by atoms with E-state index in [0.29, 0.717) is 10.6 Å². The van der Waals surface area contributed by atoms with Crippen molar-refractivity contribution in [3.63, 3.8) is 0 Å². The number of anilines is 1. The van der Waals surface area contributed by atoms with Gasteiger partial charge in [0.05, 0.1) is 18.2 Å². The molecule has 0 bridgehead atoms. The second kappa shape index (κ2) is 14.7. The normalized spacial score (nSPS) is 14.8. The third-order valence-electron chi connectivity index (χ3n) is 7.49. The first kappa shape index (κ1) is 30.1. The summed E-state index contributed by atoms with van der Waals surface area (Å²) in [6.45, 7) is 0.0887. The summed E-state index contributed by atoms with van der Waals surface area (Å²) in [6, 6.07) is 20.1. The molecule has 41 heavy (non-hydrogen) atoms. The highest BCUT2D eigenvalue weighted by Gasteiger charge is 2.32. The lowest BCUT2D eigenvalue weighted by Gasteiger charge is -2.31. The number of benzene rings is 3. The first-order chi connectivity index (χ1) is 19.9. The van der Waals surface area contributed by atoms with Gasteiger partial charge < -0.3 is 20.1 Å². The van der Waals surface area contributed by atoms with Crippen LogP contribution in [0.5, 0.6) is 0 Å². The molecule has 2 N–H and O–H groups in total. The molecule has 1 amide bonds. The van der Waals surface area contributed by atoms with Crippen LogP contribution in [-0.4, -0.2) is 42.0 Å². The first-order valence-corrected chi connectivity index (χ1v) is 14.5. The minimum Gasteiger partial charge on any atom is -0.467 e. The van der Waals surface area contributed by atoms with Crippen LogP contribution in [0.4, 0.5) is 5.69 Å². The number of methoxy groups -OCH3 is 1. The Balaban J connectivity index is 1.58. The van der Waals surface area contributed by atoms with Crippen molar-refractivity contribution in [1.82, 2.24) is 4.90 Å². The molecule has 1 aliphatic rings. The Kier molecular flexibility index (Phi) is 10.8. The number of nitrogen functional groups attached to an aromatic ring is 1. The van der Waals surface area contributed by atoms with E-state index in [0.717, 1.165) is 36.8 Å². The lowest BCUT2D eigenvalue weighted by Crippen LogP contribution is -2.46. The highest BCUT2D eigenvalue weighted by atomic mass is 35.5. The summed E-state index contributed by atoms with van der Waals surface area (Å²) in [5, 5.41) is 0.404. The van der Waals surface area contributed by atoms with Crippen molar-refractivity contribution in [2.45, 2.75) is 70.1 Å². The first-order valence-electron chi connectivity index (χ1n) is 14.1. The quantitative estimate of drug-likeness (QED) is 0.227. The molecule has 216 valence electrons. The Morgan fingerprint density at radius 1 is 0.902 bits per heavy atom. The molecular formula is C33H37ClN2O5. The fourth-order valence-electron chi connectivity index (χ4n) is 5.20. The van der Waals surface area contributed by atoms with Crippen LogP contribution >= 0.6 is 11.6 Å².